The second-order valence-corrected chi connectivity index (χ2v) is 4.61. The predicted octanol–water partition coefficient (Wildman–Crippen LogP) is 1.71. The third-order valence-electron chi connectivity index (χ3n) is 3.13. The number of benzene rings is 1. The average molecular weight is 252 g/mol. The molecule has 1 aromatic rings. The number of ether oxygens (including phenoxy) is 3. The third-order valence-corrected chi connectivity index (χ3v) is 3.13. The average Bonchev–Trinajstić information content (AvgIpc) is 2.40. The fraction of sp³-hybridized carbons (Fsp3) is 0.571. The Bertz CT molecular complexity index is 354. The maximum absolute atomic E-state index is 10.0. The van der Waals surface area contributed by atoms with Crippen LogP contribution in [0, 0.1) is 0 Å². The van der Waals surface area contributed by atoms with Crippen LogP contribution in [-0.2, 0) is 20.8 Å². The molecule has 0 amide bonds. The smallest absolute Gasteiger partial charge is 0.185 e. The van der Waals surface area contributed by atoms with Crippen molar-refractivity contribution in [2.45, 2.75) is 44.6 Å². The van der Waals surface area contributed by atoms with Crippen LogP contribution < -0.4 is 0 Å². The van der Waals surface area contributed by atoms with Crippen LogP contribution >= 0.6 is 0 Å². The van der Waals surface area contributed by atoms with Gasteiger partial charge in [0.1, 0.15) is 6.10 Å². The van der Waals surface area contributed by atoms with Crippen LogP contribution in [0.2, 0.25) is 0 Å². The van der Waals surface area contributed by atoms with Gasteiger partial charge in [-0.3, -0.25) is 0 Å². The van der Waals surface area contributed by atoms with Crippen LogP contribution in [-0.4, -0.2) is 36.8 Å². The maximum atomic E-state index is 10.0. The first-order valence-electron chi connectivity index (χ1n) is 6.22. The van der Waals surface area contributed by atoms with E-state index in [-0.39, 0.29) is 12.2 Å². The Morgan fingerprint density at radius 2 is 2.06 bits per heavy atom. The van der Waals surface area contributed by atoms with E-state index in [4.69, 9.17) is 14.2 Å². The number of rotatable bonds is 4. The first kappa shape index (κ1) is 13.5. The number of methoxy groups -OCH3 is 1. The summed E-state index contributed by atoms with van der Waals surface area (Å²) in [5.41, 5.74) is 1.10. The second kappa shape index (κ2) is 6.29. The molecule has 4 nitrogen and oxygen atoms in total. The van der Waals surface area contributed by atoms with E-state index in [0.29, 0.717) is 13.0 Å². The van der Waals surface area contributed by atoms with Gasteiger partial charge < -0.3 is 19.3 Å². The molecule has 0 radical (unpaired) electrons. The van der Waals surface area contributed by atoms with Gasteiger partial charge in [0, 0.05) is 13.5 Å². The van der Waals surface area contributed by atoms with Crippen molar-refractivity contribution in [2.24, 2.45) is 0 Å². The molecule has 4 heteroatoms. The molecule has 0 aromatic heterocycles. The quantitative estimate of drug-likeness (QED) is 0.886. The summed E-state index contributed by atoms with van der Waals surface area (Å²) in [6.07, 6.45) is -0.893. The molecule has 100 valence electrons. The van der Waals surface area contributed by atoms with Crippen LogP contribution in [0.25, 0.3) is 0 Å². The zero-order valence-electron chi connectivity index (χ0n) is 10.8. The number of aliphatic hydroxyl groups is 1. The van der Waals surface area contributed by atoms with Crippen molar-refractivity contribution in [1.82, 2.24) is 0 Å². The van der Waals surface area contributed by atoms with E-state index in [1.54, 1.807) is 0 Å². The van der Waals surface area contributed by atoms with Crippen LogP contribution in [0.15, 0.2) is 30.3 Å². The first-order valence-corrected chi connectivity index (χ1v) is 6.22. The molecule has 0 spiro atoms. The summed E-state index contributed by atoms with van der Waals surface area (Å²) >= 11 is 0. The van der Waals surface area contributed by atoms with E-state index in [9.17, 15) is 5.11 Å². The van der Waals surface area contributed by atoms with Gasteiger partial charge in [0.25, 0.3) is 0 Å². The fourth-order valence-corrected chi connectivity index (χ4v) is 2.15. The Labute approximate surface area is 107 Å². The lowest BCUT2D eigenvalue weighted by Crippen LogP contribution is -2.49. The number of hydrogen-bond acceptors (Lipinski definition) is 4. The lowest BCUT2D eigenvalue weighted by atomic mass is 10.0. The summed E-state index contributed by atoms with van der Waals surface area (Å²) < 4.78 is 16.4. The van der Waals surface area contributed by atoms with Gasteiger partial charge in [-0.1, -0.05) is 30.3 Å². The topological polar surface area (TPSA) is 47.9 Å². The lowest BCUT2D eigenvalue weighted by Gasteiger charge is -2.37. The standard InChI is InChI=1S/C14H20O4/c1-10-8-12(13(15)14(16-2)18-10)17-9-11-6-4-3-5-7-11/h3-7,10,12-15H,8-9H2,1-2H3/t10-,12+,13-,14+/m1/s1. The van der Waals surface area contributed by atoms with E-state index < -0.39 is 12.4 Å². The molecule has 2 rings (SSSR count). The second-order valence-electron chi connectivity index (χ2n) is 4.61. The minimum atomic E-state index is -0.741. The van der Waals surface area contributed by atoms with E-state index in [2.05, 4.69) is 0 Å². The molecule has 0 bridgehead atoms. The summed E-state index contributed by atoms with van der Waals surface area (Å²) in [5.74, 6) is 0. The Morgan fingerprint density at radius 3 is 2.72 bits per heavy atom. The summed E-state index contributed by atoms with van der Waals surface area (Å²) in [5, 5.41) is 10.0. The van der Waals surface area contributed by atoms with E-state index >= 15 is 0 Å². The molecule has 1 aliphatic heterocycles. The number of aliphatic hydroxyl groups excluding tert-OH is 1. The Balaban J connectivity index is 1.91. The van der Waals surface area contributed by atoms with Crippen molar-refractivity contribution < 1.29 is 19.3 Å². The van der Waals surface area contributed by atoms with Crippen LogP contribution in [0.1, 0.15) is 18.9 Å². The molecule has 1 heterocycles. The largest absolute Gasteiger partial charge is 0.385 e. The summed E-state index contributed by atoms with van der Waals surface area (Å²) in [6, 6.07) is 9.92. The molecule has 4 atom stereocenters. The highest BCUT2D eigenvalue weighted by atomic mass is 16.7. The predicted molar refractivity (Wildman–Crippen MR) is 67.0 cm³/mol. The molecule has 0 saturated carbocycles. The molecular formula is C14H20O4. The van der Waals surface area contributed by atoms with Crippen molar-refractivity contribution in [2.75, 3.05) is 7.11 Å². The Morgan fingerprint density at radius 1 is 1.33 bits per heavy atom. The zero-order valence-corrected chi connectivity index (χ0v) is 10.8. The molecule has 1 N–H and O–H groups in total. The molecule has 1 fully saturated rings. The van der Waals surface area contributed by atoms with Crippen LogP contribution in [0.3, 0.4) is 0 Å². The summed E-state index contributed by atoms with van der Waals surface area (Å²) in [7, 11) is 1.53. The minimum absolute atomic E-state index is 0.0270. The van der Waals surface area contributed by atoms with Crippen molar-refractivity contribution in [3.63, 3.8) is 0 Å². The van der Waals surface area contributed by atoms with Gasteiger partial charge >= 0.3 is 0 Å². The molecule has 0 unspecified atom stereocenters. The highest BCUT2D eigenvalue weighted by Crippen LogP contribution is 2.23. The lowest BCUT2D eigenvalue weighted by molar-refractivity contribution is -0.263. The fourth-order valence-electron chi connectivity index (χ4n) is 2.15. The molecule has 1 aliphatic rings. The van der Waals surface area contributed by atoms with Gasteiger partial charge in [0.05, 0.1) is 18.8 Å². The SMILES string of the molecule is CO[C@H]1O[C@H](C)C[C@H](OCc2ccccc2)[C@H]1O. The van der Waals surface area contributed by atoms with E-state index in [1.807, 2.05) is 37.3 Å². The molecular weight excluding hydrogens is 232 g/mol. The van der Waals surface area contributed by atoms with Crippen molar-refractivity contribution in [3.8, 4) is 0 Å². The molecule has 1 saturated heterocycles. The van der Waals surface area contributed by atoms with Crippen molar-refractivity contribution >= 4 is 0 Å². The van der Waals surface area contributed by atoms with Gasteiger partial charge in [-0.05, 0) is 12.5 Å². The maximum Gasteiger partial charge on any atom is 0.185 e. The first-order chi connectivity index (χ1) is 8.70. The highest BCUT2D eigenvalue weighted by Gasteiger charge is 2.36. The third kappa shape index (κ3) is 3.29. The number of hydrogen-bond donors (Lipinski definition) is 1. The molecule has 18 heavy (non-hydrogen) atoms. The van der Waals surface area contributed by atoms with E-state index in [1.165, 1.54) is 7.11 Å². The van der Waals surface area contributed by atoms with Gasteiger partial charge in [-0.25, -0.2) is 0 Å². The zero-order chi connectivity index (χ0) is 13.0. The van der Waals surface area contributed by atoms with Gasteiger partial charge in [-0.2, -0.15) is 0 Å². The normalized spacial score (nSPS) is 32.4. The van der Waals surface area contributed by atoms with Gasteiger partial charge in [-0.15, -0.1) is 0 Å². The monoisotopic (exact) mass is 252 g/mol. The van der Waals surface area contributed by atoms with E-state index in [0.717, 1.165) is 5.56 Å². The molecule has 0 aliphatic carbocycles. The van der Waals surface area contributed by atoms with Crippen molar-refractivity contribution in [1.29, 1.82) is 0 Å². The Hall–Kier alpha value is -0.940. The minimum Gasteiger partial charge on any atom is -0.385 e. The highest BCUT2D eigenvalue weighted by molar-refractivity contribution is 5.13. The summed E-state index contributed by atoms with van der Waals surface area (Å²) in [6.45, 7) is 2.45. The van der Waals surface area contributed by atoms with Crippen LogP contribution in [0.4, 0.5) is 0 Å². The van der Waals surface area contributed by atoms with Gasteiger partial charge in [0.2, 0.25) is 0 Å². The van der Waals surface area contributed by atoms with Crippen LogP contribution in [0.5, 0.6) is 0 Å². The van der Waals surface area contributed by atoms with Gasteiger partial charge in [0.15, 0.2) is 6.29 Å². The Kier molecular flexibility index (Phi) is 4.72. The van der Waals surface area contributed by atoms with Crippen molar-refractivity contribution in [3.05, 3.63) is 35.9 Å². The molecule has 1 aromatic carbocycles. The summed E-state index contributed by atoms with van der Waals surface area (Å²) in [4.78, 5) is 0.